The normalized spacial score (nSPS) is 20.9. The van der Waals surface area contributed by atoms with Crippen LogP contribution in [0.2, 0.25) is 0 Å². The van der Waals surface area contributed by atoms with Crippen molar-refractivity contribution in [3.05, 3.63) is 12.4 Å². The van der Waals surface area contributed by atoms with Gasteiger partial charge in [0.1, 0.15) is 0 Å². The second-order valence-electron chi connectivity index (χ2n) is 4.40. The zero-order valence-corrected chi connectivity index (χ0v) is 9.88. The van der Waals surface area contributed by atoms with Gasteiger partial charge in [-0.2, -0.15) is 5.10 Å². The number of hydrogen-bond donors (Lipinski definition) is 0. The van der Waals surface area contributed by atoms with Gasteiger partial charge in [-0.05, 0) is 13.8 Å². The fraction of sp³-hybridized carbons (Fsp3) is 0.636. The van der Waals surface area contributed by atoms with Gasteiger partial charge >= 0.3 is 0 Å². The van der Waals surface area contributed by atoms with E-state index in [0.717, 1.165) is 13.0 Å². The average molecular weight is 223 g/mol. The van der Waals surface area contributed by atoms with Crippen molar-refractivity contribution in [1.82, 2.24) is 14.7 Å². The smallest absolute Gasteiger partial charge is 0.263 e. The summed E-state index contributed by atoms with van der Waals surface area (Å²) in [7, 11) is 1.79. The molecule has 1 unspecified atom stereocenters. The summed E-state index contributed by atoms with van der Waals surface area (Å²) in [4.78, 5) is 13.3. The van der Waals surface area contributed by atoms with E-state index < -0.39 is 0 Å². The predicted octanol–water partition coefficient (Wildman–Crippen LogP) is 1.07. The molecule has 0 aromatic carbocycles. The Hall–Kier alpha value is -1.52. The van der Waals surface area contributed by atoms with E-state index in [-0.39, 0.29) is 12.0 Å². The first kappa shape index (κ1) is 11.0. The number of ether oxygens (including phenoxy) is 1. The van der Waals surface area contributed by atoms with Crippen molar-refractivity contribution in [3.8, 4) is 5.75 Å². The molecule has 0 bridgehead atoms. The van der Waals surface area contributed by atoms with E-state index in [1.54, 1.807) is 18.1 Å². The van der Waals surface area contributed by atoms with Crippen LogP contribution in [0.15, 0.2) is 12.4 Å². The second kappa shape index (κ2) is 4.15. The molecule has 1 aliphatic rings. The molecular weight excluding hydrogens is 206 g/mol. The van der Waals surface area contributed by atoms with Crippen LogP contribution in [0, 0.1) is 0 Å². The molecule has 1 fully saturated rings. The van der Waals surface area contributed by atoms with Gasteiger partial charge in [0, 0.05) is 26.1 Å². The van der Waals surface area contributed by atoms with Gasteiger partial charge in [-0.1, -0.05) is 0 Å². The first-order valence-corrected chi connectivity index (χ1v) is 5.53. The minimum atomic E-state index is -0.338. The fourth-order valence-electron chi connectivity index (χ4n) is 1.73. The standard InChI is InChI=1S/C11H17N3O2/c1-8(2)14-7-9(6-12-14)16-10-4-5-13(3)11(10)15/h6-8,10H,4-5H2,1-3H3. The highest BCUT2D eigenvalue weighted by atomic mass is 16.5. The molecule has 1 aliphatic heterocycles. The van der Waals surface area contributed by atoms with Crippen LogP contribution in [0.4, 0.5) is 0 Å². The topological polar surface area (TPSA) is 47.4 Å². The summed E-state index contributed by atoms with van der Waals surface area (Å²) >= 11 is 0. The second-order valence-corrected chi connectivity index (χ2v) is 4.40. The number of likely N-dealkylation sites (N-methyl/N-ethyl adjacent to an activating group) is 1. The van der Waals surface area contributed by atoms with Crippen LogP contribution >= 0.6 is 0 Å². The predicted molar refractivity (Wildman–Crippen MR) is 59.3 cm³/mol. The molecule has 88 valence electrons. The van der Waals surface area contributed by atoms with Crippen LogP contribution in [0.1, 0.15) is 26.3 Å². The molecule has 1 amide bonds. The van der Waals surface area contributed by atoms with Gasteiger partial charge in [0.15, 0.2) is 11.9 Å². The van der Waals surface area contributed by atoms with Gasteiger partial charge in [0.2, 0.25) is 0 Å². The first-order chi connectivity index (χ1) is 7.58. The van der Waals surface area contributed by atoms with Crippen LogP contribution in [-0.4, -0.2) is 40.3 Å². The van der Waals surface area contributed by atoms with Crippen molar-refractivity contribution in [2.24, 2.45) is 0 Å². The molecule has 2 rings (SSSR count). The zero-order chi connectivity index (χ0) is 11.7. The summed E-state index contributed by atoms with van der Waals surface area (Å²) < 4.78 is 7.43. The largest absolute Gasteiger partial charge is 0.477 e. The summed E-state index contributed by atoms with van der Waals surface area (Å²) in [5.74, 6) is 0.722. The number of aromatic nitrogens is 2. The van der Waals surface area contributed by atoms with Crippen molar-refractivity contribution in [2.75, 3.05) is 13.6 Å². The van der Waals surface area contributed by atoms with Crippen LogP contribution in [0.25, 0.3) is 0 Å². The average Bonchev–Trinajstić information content (AvgIpc) is 2.81. The monoisotopic (exact) mass is 223 g/mol. The molecule has 5 nitrogen and oxygen atoms in total. The Kier molecular flexibility index (Phi) is 2.85. The van der Waals surface area contributed by atoms with Crippen molar-refractivity contribution >= 4 is 5.91 Å². The highest BCUT2D eigenvalue weighted by Crippen LogP contribution is 2.19. The number of amides is 1. The SMILES string of the molecule is CC(C)n1cc(OC2CCN(C)C2=O)cn1. The molecule has 16 heavy (non-hydrogen) atoms. The molecule has 0 radical (unpaired) electrons. The minimum Gasteiger partial charge on any atom is -0.477 e. The van der Waals surface area contributed by atoms with Gasteiger partial charge in [-0.25, -0.2) is 0 Å². The maximum absolute atomic E-state index is 11.6. The van der Waals surface area contributed by atoms with E-state index >= 15 is 0 Å². The van der Waals surface area contributed by atoms with E-state index in [9.17, 15) is 4.79 Å². The molecule has 1 saturated heterocycles. The zero-order valence-electron chi connectivity index (χ0n) is 9.88. The minimum absolute atomic E-state index is 0.0531. The molecule has 0 saturated carbocycles. The third-order valence-electron chi connectivity index (χ3n) is 2.76. The van der Waals surface area contributed by atoms with Gasteiger partial charge in [-0.15, -0.1) is 0 Å². The Morgan fingerprint density at radius 1 is 1.56 bits per heavy atom. The van der Waals surface area contributed by atoms with Gasteiger partial charge in [0.25, 0.3) is 5.91 Å². The lowest BCUT2D eigenvalue weighted by Gasteiger charge is -2.11. The van der Waals surface area contributed by atoms with Crippen LogP contribution in [0.3, 0.4) is 0 Å². The summed E-state index contributed by atoms with van der Waals surface area (Å²) in [6.07, 6.45) is 3.90. The number of carbonyl (C=O) groups excluding carboxylic acids is 1. The number of hydrogen-bond acceptors (Lipinski definition) is 3. The molecule has 0 N–H and O–H groups in total. The van der Waals surface area contributed by atoms with Gasteiger partial charge in [0.05, 0.1) is 12.4 Å². The highest BCUT2D eigenvalue weighted by Gasteiger charge is 2.31. The van der Waals surface area contributed by atoms with Crippen molar-refractivity contribution < 1.29 is 9.53 Å². The van der Waals surface area contributed by atoms with Crippen LogP contribution < -0.4 is 4.74 Å². The molecule has 1 aromatic heterocycles. The van der Waals surface area contributed by atoms with Gasteiger partial charge in [-0.3, -0.25) is 9.48 Å². The van der Waals surface area contributed by atoms with Crippen LogP contribution in [0.5, 0.6) is 5.75 Å². The van der Waals surface area contributed by atoms with E-state index in [0.29, 0.717) is 11.8 Å². The molecule has 1 atom stereocenters. The van der Waals surface area contributed by atoms with Gasteiger partial charge < -0.3 is 9.64 Å². The van der Waals surface area contributed by atoms with Crippen molar-refractivity contribution in [2.45, 2.75) is 32.4 Å². The molecule has 2 heterocycles. The lowest BCUT2D eigenvalue weighted by atomic mass is 10.3. The summed E-state index contributed by atoms with van der Waals surface area (Å²) in [6.45, 7) is 4.86. The third kappa shape index (κ3) is 2.03. The van der Waals surface area contributed by atoms with Crippen LogP contribution in [-0.2, 0) is 4.79 Å². The maximum Gasteiger partial charge on any atom is 0.263 e. The lowest BCUT2D eigenvalue weighted by Crippen LogP contribution is -2.29. The molecule has 0 spiro atoms. The van der Waals surface area contributed by atoms with Crippen molar-refractivity contribution in [1.29, 1.82) is 0 Å². The quantitative estimate of drug-likeness (QED) is 0.770. The Bertz CT molecular complexity index is 386. The summed E-state index contributed by atoms with van der Waals surface area (Å²) in [5, 5.41) is 4.17. The third-order valence-corrected chi connectivity index (χ3v) is 2.76. The summed E-state index contributed by atoms with van der Waals surface area (Å²) in [5.41, 5.74) is 0. The Morgan fingerprint density at radius 2 is 2.31 bits per heavy atom. The van der Waals surface area contributed by atoms with E-state index in [1.165, 1.54) is 0 Å². The fourth-order valence-corrected chi connectivity index (χ4v) is 1.73. The van der Waals surface area contributed by atoms with E-state index in [4.69, 9.17) is 4.74 Å². The Labute approximate surface area is 95.0 Å². The first-order valence-electron chi connectivity index (χ1n) is 5.53. The van der Waals surface area contributed by atoms with E-state index in [2.05, 4.69) is 5.10 Å². The summed E-state index contributed by atoms with van der Waals surface area (Å²) in [6, 6.07) is 0.305. The number of carbonyl (C=O) groups is 1. The highest BCUT2D eigenvalue weighted by molar-refractivity contribution is 5.83. The number of likely N-dealkylation sites (tertiary alicyclic amines) is 1. The Morgan fingerprint density at radius 3 is 2.81 bits per heavy atom. The number of rotatable bonds is 3. The van der Waals surface area contributed by atoms with Crippen molar-refractivity contribution in [3.63, 3.8) is 0 Å². The number of nitrogens with zero attached hydrogens (tertiary/aromatic N) is 3. The lowest BCUT2D eigenvalue weighted by molar-refractivity contribution is -0.132. The molecule has 0 aliphatic carbocycles. The maximum atomic E-state index is 11.6. The van der Waals surface area contributed by atoms with E-state index in [1.807, 2.05) is 24.7 Å². The Balaban J connectivity index is 2.01. The molecular formula is C11H17N3O2. The molecule has 5 heteroatoms. The molecule has 1 aromatic rings.